The van der Waals surface area contributed by atoms with Gasteiger partial charge in [0.2, 0.25) is 5.69 Å². The molecule has 0 spiro atoms. The fraction of sp³-hybridized carbons (Fsp3) is 0.118. The summed E-state index contributed by atoms with van der Waals surface area (Å²) in [5.41, 5.74) is 13.0. The molecule has 3 rings (SSSR count). The SMILES string of the molecule is Cc1cc2c(N)ncnc2cc1F.[C-]#[N+]c1cc(C)c(F)cc1N. The number of nitrogens with two attached hydrogens (primary N) is 2. The lowest BCUT2D eigenvalue weighted by Crippen LogP contribution is -1.94. The number of aromatic nitrogens is 2. The number of nitrogens with zero attached hydrogens (tertiary/aromatic N) is 3. The van der Waals surface area contributed by atoms with Crippen molar-refractivity contribution in [2.75, 3.05) is 11.5 Å². The maximum absolute atomic E-state index is 13.1. The Labute approximate surface area is 137 Å². The van der Waals surface area contributed by atoms with E-state index in [4.69, 9.17) is 18.0 Å². The third kappa shape index (κ3) is 3.55. The summed E-state index contributed by atoms with van der Waals surface area (Å²) in [6.45, 7) is 9.96. The van der Waals surface area contributed by atoms with E-state index >= 15 is 0 Å². The molecule has 3 aromatic rings. The smallest absolute Gasteiger partial charge is 0.209 e. The molecule has 7 heteroatoms. The van der Waals surface area contributed by atoms with Gasteiger partial charge in [-0.25, -0.2) is 23.6 Å². The number of hydrogen-bond acceptors (Lipinski definition) is 4. The normalized spacial score (nSPS) is 9.96. The molecule has 122 valence electrons. The van der Waals surface area contributed by atoms with E-state index < -0.39 is 0 Å². The van der Waals surface area contributed by atoms with Crippen LogP contribution in [0.25, 0.3) is 15.7 Å². The second-order valence-corrected chi connectivity index (χ2v) is 5.15. The van der Waals surface area contributed by atoms with E-state index in [-0.39, 0.29) is 17.3 Å². The van der Waals surface area contributed by atoms with Gasteiger partial charge >= 0.3 is 0 Å². The number of hydrogen-bond donors (Lipinski definition) is 2. The summed E-state index contributed by atoms with van der Waals surface area (Å²) in [5.74, 6) is -0.256. The van der Waals surface area contributed by atoms with Crippen molar-refractivity contribution < 1.29 is 8.78 Å². The van der Waals surface area contributed by atoms with Crippen molar-refractivity contribution in [3.8, 4) is 0 Å². The molecule has 0 aliphatic heterocycles. The molecular weight excluding hydrogens is 312 g/mol. The molecule has 0 fully saturated rings. The van der Waals surface area contributed by atoms with Crippen LogP contribution < -0.4 is 11.5 Å². The van der Waals surface area contributed by atoms with Crippen LogP contribution in [0.2, 0.25) is 0 Å². The van der Waals surface area contributed by atoms with Gasteiger partial charge in [-0.05, 0) is 43.2 Å². The van der Waals surface area contributed by atoms with E-state index in [0.29, 0.717) is 33.5 Å². The molecule has 0 atom stereocenters. The maximum Gasteiger partial charge on any atom is 0.209 e. The van der Waals surface area contributed by atoms with Crippen molar-refractivity contribution in [3.05, 3.63) is 64.8 Å². The first-order valence-electron chi connectivity index (χ1n) is 6.93. The number of fused-ring (bicyclic) bond motifs is 1. The summed E-state index contributed by atoms with van der Waals surface area (Å²) in [6.07, 6.45) is 1.33. The minimum atomic E-state index is -0.366. The Kier molecular flexibility index (Phi) is 4.90. The van der Waals surface area contributed by atoms with Gasteiger partial charge in [0, 0.05) is 17.1 Å². The molecule has 5 nitrogen and oxygen atoms in total. The highest BCUT2D eigenvalue weighted by atomic mass is 19.1. The lowest BCUT2D eigenvalue weighted by atomic mass is 10.1. The molecule has 0 unspecified atom stereocenters. The van der Waals surface area contributed by atoms with Crippen LogP contribution in [0.3, 0.4) is 0 Å². The molecule has 0 saturated carbocycles. The number of benzene rings is 2. The summed E-state index contributed by atoms with van der Waals surface area (Å²) in [6, 6.07) is 5.63. The highest BCUT2D eigenvalue weighted by Gasteiger charge is 2.04. The Bertz CT molecular complexity index is 948. The Morgan fingerprint density at radius 3 is 2.25 bits per heavy atom. The Morgan fingerprint density at radius 1 is 0.958 bits per heavy atom. The summed E-state index contributed by atoms with van der Waals surface area (Å²) in [5, 5.41) is 0.696. The zero-order valence-corrected chi connectivity index (χ0v) is 13.1. The summed E-state index contributed by atoms with van der Waals surface area (Å²) in [4.78, 5) is 10.9. The molecule has 24 heavy (non-hydrogen) atoms. The lowest BCUT2D eigenvalue weighted by molar-refractivity contribution is 0.619. The first-order chi connectivity index (χ1) is 11.3. The van der Waals surface area contributed by atoms with E-state index in [0.717, 1.165) is 0 Å². The number of halogens is 2. The Hall–Kier alpha value is -3.27. The summed E-state index contributed by atoms with van der Waals surface area (Å²) < 4.78 is 25.8. The number of rotatable bonds is 0. The average Bonchev–Trinajstić information content (AvgIpc) is 2.54. The minimum absolute atomic E-state index is 0.197. The third-order valence-corrected chi connectivity index (χ3v) is 3.37. The van der Waals surface area contributed by atoms with Crippen molar-refractivity contribution in [1.82, 2.24) is 9.97 Å². The largest absolute Gasteiger partial charge is 0.407 e. The third-order valence-electron chi connectivity index (χ3n) is 3.37. The molecule has 1 heterocycles. The average molecular weight is 327 g/mol. The molecule has 0 saturated heterocycles. The molecule has 0 amide bonds. The van der Waals surface area contributed by atoms with Crippen LogP contribution in [0.4, 0.5) is 26.0 Å². The van der Waals surface area contributed by atoms with Gasteiger partial charge in [0.15, 0.2) is 0 Å². The van der Waals surface area contributed by atoms with E-state index in [2.05, 4.69) is 14.8 Å². The first kappa shape index (κ1) is 17.1. The van der Waals surface area contributed by atoms with E-state index in [1.165, 1.54) is 24.5 Å². The van der Waals surface area contributed by atoms with Gasteiger partial charge < -0.3 is 11.5 Å². The molecule has 1 aromatic heterocycles. The van der Waals surface area contributed by atoms with Crippen LogP contribution in [-0.4, -0.2) is 9.97 Å². The van der Waals surface area contributed by atoms with E-state index in [9.17, 15) is 8.78 Å². The zero-order chi connectivity index (χ0) is 17.9. The molecular formula is C17H15F2N5. The highest BCUT2D eigenvalue weighted by molar-refractivity contribution is 5.88. The fourth-order valence-corrected chi connectivity index (χ4v) is 1.98. The fourth-order valence-electron chi connectivity index (χ4n) is 1.98. The van der Waals surface area contributed by atoms with Gasteiger partial charge in [0.1, 0.15) is 23.8 Å². The number of anilines is 2. The summed E-state index contributed by atoms with van der Waals surface area (Å²) >= 11 is 0. The van der Waals surface area contributed by atoms with Crippen LogP contribution in [0.15, 0.2) is 30.6 Å². The van der Waals surface area contributed by atoms with Gasteiger partial charge in [-0.15, -0.1) is 0 Å². The molecule has 2 aromatic carbocycles. The molecule has 0 bridgehead atoms. The second-order valence-electron chi connectivity index (χ2n) is 5.15. The maximum atomic E-state index is 13.1. The number of aryl methyl sites for hydroxylation is 2. The van der Waals surface area contributed by atoms with Crippen molar-refractivity contribution in [1.29, 1.82) is 0 Å². The zero-order valence-electron chi connectivity index (χ0n) is 13.1. The van der Waals surface area contributed by atoms with Gasteiger partial charge in [-0.1, -0.05) is 0 Å². The first-order valence-corrected chi connectivity index (χ1v) is 6.93. The molecule has 4 N–H and O–H groups in total. The van der Waals surface area contributed by atoms with Crippen LogP contribution in [0.1, 0.15) is 11.1 Å². The van der Waals surface area contributed by atoms with Crippen molar-refractivity contribution in [2.24, 2.45) is 0 Å². The Balaban J connectivity index is 0.000000177. The van der Waals surface area contributed by atoms with Gasteiger partial charge in [-0.2, -0.15) is 0 Å². The van der Waals surface area contributed by atoms with Crippen LogP contribution in [0, 0.1) is 32.1 Å². The quantitative estimate of drug-likeness (QED) is 0.484. The van der Waals surface area contributed by atoms with Crippen LogP contribution in [-0.2, 0) is 0 Å². The monoisotopic (exact) mass is 327 g/mol. The minimum Gasteiger partial charge on any atom is -0.407 e. The van der Waals surface area contributed by atoms with E-state index in [1.807, 2.05) is 0 Å². The van der Waals surface area contributed by atoms with Crippen LogP contribution >= 0.6 is 0 Å². The van der Waals surface area contributed by atoms with Crippen molar-refractivity contribution in [3.63, 3.8) is 0 Å². The highest BCUT2D eigenvalue weighted by Crippen LogP contribution is 2.24. The van der Waals surface area contributed by atoms with Crippen molar-refractivity contribution in [2.45, 2.75) is 13.8 Å². The molecule has 0 radical (unpaired) electrons. The van der Waals surface area contributed by atoms with Gasteiger partial charge in [0.05, 0.1) is 12.1 Å². The van der Waals surface area contributed by atoms with Gasteiger partial charge in [-0.3, -0.25) is 0 Å². The Morgan fingerprint density at radius 2 is 1.58 bits per heavy atom. The predicted molar refractivity (Wildman–Crippen MR) is 90.5 cm³/mol. The standard InChI is InChI=1S/C9H8FN3.C8H7FN2/c1-5-2-6-8(3-7(5)10)12-4-13-9(6)11;1-5-3-8(11-2)7(10)4-6(5)9/h2-4H,1H3,(H2,11,12,13);3-4H,10H2,1H3. The summed E-state index contributed by atoms with van der Waals surface area (Å²) in [7, 11) is 0. The topological polar surface area (TPSA) is 82.2 Å². The van der Waals surface area contributed by atoms with Gasteiger partial charge in [0.25, 0.3) is 0 Å². The molecule has 0 aliphatic rings. The van der Waals surface area contributed by atoms with Crippen molar-refractivity contribution >= 4 is 28.1 Å². The lowest BCUT2D eigenvalue weighted by Gasteiger charge is -2.01. The molecule has 0 aliphatic carbocycles. The van der Waals surface area contributed by atoms with E-state index in [1.54, 1.807) is 19.9 Å². The second kappa shape index (κ2) is 6.87. The predicted octanol–water partition coefficient (Wildman–Crippen LogP) is 3.93. The number of nitrogen functional groups attached to an aromatic ring is 2. The van der Waals surface area contributed by atoms with Crippen LogP contribution in [0.5, 0.6) is 0 Å².